The van der Waals surface area contributed by atoms with Gasteiger partial charge in [0, 0.05) is 76.1 Å². The zero-order valence-corrected chi connectivity index (χ0v) is 57.4. The predicted octanol–water partition coefficient (Wildman–Crippen LogP) is 0.767. The highest BCUT2D eigenvalue weighted by Gasteiger charge is 2.53. The third-order valence-corrected chi connectivity index (χ3v) is 17.9. The number of fused-ring (bicyclic) bond motifs is 2. The van der Waals surface area contributed by atoms with Gasteiger partial charge in [0.2, 0.25) is 41.7 Å². The van der Waals surface area contributed by atoms with Gasteiger partial charge in [-0.05, 0) is 90.0 Å². The highest BCUT2D eigenvalue weighted by molar-refractivity contribution is 6.00. The Labute approximate surface area is 587 Å². The molecule has 4 aromatic rings. The van der Waals surface area contributed by atoms with Gasteiger partial charge in [0.05, 0.1) is 43.2 Å². The third-order valence-electron chi connectivity index (χ3n) is 17.9. The first-order valence-corrected chi connectivity index (χ1v) is 33.6. The standard InChI is InChI=1S/C70H88N10O22/c1-8-9-10-27-97-49-25-21-45(22-26-49)43-15-13-42(14-16-43)44-17-19-46(20-18-44)63(90)73-51-29-47(86)31-72-67(94)59-60(89)35(2)32-80(59)69(96)56(37(4)82)75-66(93)57(76-65(92)52-30-48(87)33-79(52)68(95)55(36(3)81)74-64(51)91)53(88)28-41-11-23-50(24-12-41)101-70-58(77-78-71)62(100-40(7)85)61(99-39(6)84)54(102-70)34-98-38(5)83/h11-26,35-37,47-48,51-62,70,81-82,86-89H,8-10,27-34H2,1-7H3,(H,72,94)(H,73,90)(H,74,91)(H,75,93)(H,76,92)/t35?,36?,37?,47?,48?,51?,52?,53?,54-,55?,56?,57?,58-,59?,60?,61+,62-,70-/m0/s1. The van der Waals surface area contributed by atoms with E-state index in [1.165, 1.54) is 43.3 Å². The van der Waals surface area contributed by atoms with Crippen LogP contribution < -0.4 is 36.1 Å². The second kappa shape index (κ2) is 35.7. The van der Waals surface area contributed by atoms with E-state index in [2.05, 4.69) is 43.5 Å². The van der Waals surface area contributed by atoms with E-state index in [0.717, 1.165) is 91.7 Å². The molecule has 4 heterocycles. The molecular weight excluding hydrogens is 1330 g/mol. The van der Waals surface area contributed by atoms with Crippen molar-refractivity contribution >= 4 is 59.3 Å². The average molecular weight is 1420 g/mol. The molecule has 0 aromatic heterocycles. The van der Waals surface area contributed by atoms with E-state index in [4.69, 9.17) is 28.4 Å². The smallest absolute Gasteiger partial charge is 0.303 e. The summed E-state index contributed by atoms with van der Waals surface area (Å²) in [6, 6.07) is 14.6. The first kappa shape index (κ1) is 77.9. The number of azide groups is 1. The fourth-order valence-corrected chi connectivity index (χ4v) is 12.5. The summed E-state index contributed by atoms with van der Waals surface area (Å²) in [5, 5.41) is 84.7. The molecule has 4 aliphatic rings. The lowest BCUT2D eigenvalue weighted by Gasteiger charge is -2.43. The van der Waals surface area contributed by atoms with Crippen molar-refractivity contribution in [2.24, 2.45) is 11.0 Å². The predicted molar refractivity (Wildman–Crippen MR) is 359 cm³/mol. The lowest BCUT2D eigenvalue weighted by molar-refractivity contribution is -0.253. The van der Waals surface area contributed by atoms with Gasteiger partial charge in [0.25, 0.3) is 5.91 Å². The molecule has 11 N–H and O–H groups in total. The molecule has 32 nitrogen and oxygen atoms in total. The normalized spacial score (nSPS) is 27.6. The molecule has 0 saturated carbocycles. The van der Waals surface area contributed by atoms with Crippen LogP contribution >= 0.6 is 0 Å². The van der Waals surface area contributed by atoms with Gasteiger partial charge >= 0.3 is 17.9 Å². The topological polar surface area (TPSA) is 463 Å². The van der Waals surface area contributed by atoms with Crippen molar-refractivity contribution in [2.75, 3.05) is 32.8 Å². The maximum absolute atomic E-state index is 14.8. The quantitative estimate of drug-likeness (QED) is 0.0137. The van der Waals surface area contributed by atoms with Crippen molar-refractivity contribution in [3.63, 3.8) is 0 Å². The Morgan fingerprint density at radius 1 is 0.667 bits per heavy atom. The number of ether oxygens (including phenoxy) is 6. The van der Waals surface area contributed by atoms with Gasteiger partial charge in [-0.2, -0.15) is 0 Å². The Morgan fingerprint density at radius 3 is 1.78 bits per heavy atom. The van der Waals surface area contributed by atoms with Crippen LogP contribution in [0.2, 0.25) is 0 Å². The number of hydrogen-bond donors (Lipinski definition) is 11. The number of aliphatic hydroxyl groups excluding tert-OH is 6. The van der Waals surface area contributed by atoms with Gasteiger partial charge in [-0.15, -0.1) is 0 Å². The molecule has 32 heteroatoms. The molecule has 102 heavy (non-hydrogen) atoms. The van der Waals surface area contributed by atoms with E-state index in [0.29, 0.717) is 6.61 Å². The van der Waals surface area contributed by atoms with E-state index in [1.807, 2.05) is 48.5 Å². The van der Waals surface area contributed by atoms with Gasteiger partial charge in [0.15, 0.2) is 12.2 Å². The SMILES string of the molecule is CCCCCOc1ccc(-c2ccc(-c3ccc(C(=O)NC4CC(O)CNC(=O)C5C(O)C(C)CN5C(=O)C(C(C)O)NC(=O)C(C(O)Cc5ccc(O[C@H]6O[C@@H](COC(C)=O)[C@@H](OC(C)=O)[C@@H](OC(C)=O)[C@@H]6N=[N+]=[N-])cc5)NC(=O)C5CC(O)CN5C(=O)C(C(C)O)NC4=O)cc3)cc2)cc1. The number of rotatable bonds is 21. The lowest BCUT2D eigenvalue weighted by Crippen LogP contribution is -2.64. The molecule has 8 rings (SSSR count). The minimum Gasteiger partial charge on any atom is -0.494 e. The van der Waals surface area contributed by atoms with Crippen LogP contribution in [0, 0.1) is 5.92 Å². The van der Waals surface area contributed by atoms with Crippen LogP contribution in [-0.4, -0.2) is 236 Å². The zero-order valence-electron chi connectivity index (χ0n) is 57.4. The van der Waals surface area contributed by atoms with Crippen molar-refractivity contribution in [1.29, 1.82) is 0 Å². The van der Waals surface area contributed by atoms with Crippen molar-refractivity contribution in [3.8, 4) is 33.8 Å². The maximum atomic E-state index is 14.8. The van der Waals surface area contributed by atoms with E-state index in [9.17, 15) is 84.1 Å². The van der Waals surface area contributed by atoms with E-state index in [-0.39, 0.29) is 23.4 Å². The van der Waals surface area contributed by atoms with E-state index in [1.54, 1.807) is 12.1 Å². The number of unbranched alkanes of at least 4 members (excludes halogenated alkanes) is 2. The van der Waals surface area contributed by atoms with Crippen molar-refractivity contribution < 1.29 is 107 Å². The molecule has 0 aliphatic carbocycles. The molecule has 13 unspecified atom stereocenters. The van der Waals surface area contributed by atoms with E-state index >= 15 is 0 Å². The van der Waals surface area contributed by atoms with Crippen LogP contribution in [-0.2, 0) is 68.5 Å². The first-order valence-electron chi connectivity index (χ1n) is 33.6. The van der Waals surface area contributed by atoms with Crippen molar-refractivity contribution in [1.82, 2.24) is 36.4 Å². The van der Waals surface area contributed by atoms with Gasteiger partial charge in [-0.25, -0.2) is 0 Å². The number of aliphatic hydroxyl groups is 6. The van der Waals surface area contributed by atoms with Crippen LogP contribution in [0.3, 0.4) is 0 Å². The summed E-state index contributed by atoms with van der Waals surface area (Å²) in [6.07, 6.45) is -14.7. The van der Waals surface area contributed by atoms with Crippen LogP contribution in [0.4, 0.5) is 0 Å². The highest BCUT2D eigenvalue weighted by atomic mass is 16.7. The Balaban J connectivity index is 1.05. The Bertz CT molecular complexity index is 3670. The molecule has 0 radical (unpaired) electrons. The number of nitrogens with one attached hydrogen (secondary N) is 5. The number of hydrogen-bond acceptors (Lipinski definition) is 23. The van der Waals surface area contributed by atoms with Gasteiger partial charge in [-0.1, -0.05) is 92.5 Å². The Morgan fingerprint density at radius 2 is 1.22 bits per heavy atom. The molecule has 0 spiro atoms. The number of nitrogens with zero attached hydrogens (tertiary/aromatic N) is 5. The van der Waals surface area contributed by atoms with Crippen molar-refractivity contribution in [2.45, 2.75) is 191 Å². The minimum atomic E-state index is -2.11. The summed E-state index contributed by atoms with van der Waals surface area (Å²) in [6.45, 7) is 7.62. The zero-order chi connectivity index (χ0) is 74.2. The molecule has 550 valence electrons. The molecule has 4 fully saturated rings. The molecule has 0 bridgehead atoms. The summed E-state index contributed by atoms with van der Waals surface area (Å²) in [5.41, 5.74) is 13.3. The first-order chi connectivity index (χ1) is 48.5. The molecule has 4 aromatic carbocycles. The van der Waals surface area contributed by atoms with Crippen molar-refractivity contribution in [3.05, 3.63) is 119 Å². The Kier molecular flexibility index (Phi) is 27.3. The molecule has 18 atom stereocenters. The third kappa shape index (κ3) is 20.1. The lowest BCUT2D eigenvalue weighted by atomic mass is 9.96. The number of carbonyl (C=O) groups is 10. The molecule has 4 saturated heterocycles. The summed E-state index contributed by atoms with van der Waals surface area (Å²) in [4.78, 5) is 143. The number of esters is 3. The fraction of sp³-hybridized carbons (Fsp3) is 0.514. The maximum Gasteiger partial charge on any atom is 0.303 e. The second-order valence-corrected chi connectivity index (χ2v) is 25.9. The summed E-state index contributed by atoms with van der Waals surface area (Å²) >= 11 is 0. The van der Waals surface area contributed by atoms with E-state index < -0.39 is 208 Å². The number of β-amino-alcohol motifs (C(OH)–C–C–N with tert-alkyl or cyclic N) is 1. The molecule has 7 amide bonds. The summed E-state index contributed by atoms with van der Waals surface area (Å²) in [5.74, 6) is -10.3. The molecular formula is C70H88N10O22. The highest BCUT2D eigenvalue weighted by Crippen LogP contribution is 2.33. The second-order valence-electron chi connectivity index (χ2n) is 25.9. The summed E-state index contributed by atoms with van der Waals surface area (Å²) in [7, 11) is 0. The van der Waals surface area contributed by atoms with Gasteiger partial charge in [0.1, 0.15) is 66.5 Å². The van der Waals surface area contributed by atoms with Crippen LogP contribution in [0.15, 0.2) is 102 Å². The summed E-state index contributed by atoms with van der Waals surface area (Å²) < 4.78 is 33.9. The monoisotopic (exact) mass is 1420 g/mol. The van der Waals surface area contributed by atoms with Crippen LogP contribution in [0.1, 0.15) is 96.5 Å². The fourth-order valence-electron chi connectivity index (χ4n) is 12.5. The van der Waals surface area contributed by atoms with Crippen LogP contribution in [0.5, 0.6) is 11.5 Å². The van der Waals surface area contributed by atoms with Gasteiger partial charge in [-0.3, -0.25) is 47.9 Å². The largest absolute Gasteiger partial charge is 0.494 e. The minimum absolute atomic E-state index is 0.0271. The average Bonchev–Trinajstić information content (AvgIpc) is 1.46. The number of benzene rings is 4. The Hall–Kier alpha value is -9.79. The number of carbonyl (C=O) groups excluding carboxylic acids is 10. The molecule has 4 aliphatic heterocycles. The number of amides is 7. The van der Waals surface area contributed by atoms with Crippen LogP contribution in [0.25, 0.3) is 32.7 Å². The van der Waals surface area contributed by atoms with Gasteiger partial charge < -0.3 is 95.4 Å².